The molecule has 3 rings (SSSR count). The van der Waals surface area contributed by atoms with E-state index in [0.29, 0.717) is 11.6 Å². The van der Waals surface area contributed by atoms with Crippen LogP contribution in [-0.2, 0) is 0 Å². The number of nitrogens with zero attached hydrogens (tertiary/aromatic N) is 3. The summed E-state index contributed by atoms with van der Waals surface area (Å²) in [5.74, 6) is 0.803. The number of rotatable bonds is 3. The van der Waals surface area contributed by atoms with E-state index in [1.807, 2.05) is 0 Å². The van der Waals surface area contributed by atoms with E-state index in [1.165, 1.54) is 12.1 Å². The predicted octanol–water partition coefficient (Wildman–Crippen LogP) is 2.83. The van der Waals surface area contributed by atoms with E-state index in [2.05, 4.69) is 30.8 Å². The van der Waals surface area contributed by atoms with Gasteiger partial charge in [-0.15, -0.1) is 0 Å². The number of alkyl halides is 1. The predicted molar refractivity (Wildman–Crippen MR) is 76.9 cm³/mol. The first-order valence-corrected chi connectivity index (χ1v) is 7.28. The summed E-state index contributed by atoms with van der Waals surface area (Å²) in [6.07, 6.45) is 2.29. The molecule has 0 saturated carbocycles. The molecule has 19 heavy (non-hydrogen) atoms. The minimum atomic E-state index is -0.392. The van der Waals surface area contributed by atoms with Gasteiger partial charge in [-0.2, -0.15) is 0 Å². The van der Waals surface area contributed by atoms with Gasteiger partial charge < -0.3 is 9.88 Å². The molecular weight excluding hydrogens is 312 g/mol. The number of halogens is 1. The summed E-state index contributed by atoms with van der Waals surface area (Å²) >= 11 is 3.52. The second-order valence-corrected chi connectivity index (χ2v) is 5.31. The van der Waals surface area contributed by atoms with Gasteiger partial charge in [0.2, 0.25) is 5.95 Å². The summed E-state index contributed by atoms with van der Waals surface area (Å²) in [6.45, 7) is 0.970. The van der Waals surface area contributed by atoms with Gasteiger partial charge in [0.25, 0.3) is 5.69 Å². The lowest BCUT2D eigenvalue weighted by Crippen LogP contribution is -2.31. The topological polar surface area (TPSA) is 75.1 Å². The zero-order valence-corrected chi connectivity index (χ0v) is 11.8. The van der Waals surface area contributed by atoms with E-state index in [4.69, 9.17) is 0 Å². The number of aromatic amines is 1. The lowest BCUT2D eigenvalue weighted by molar-refractivity contribution is -0.384. The highest BCUT2D eigenvalue weighted by molar-refractivity contribution is 9.09. The number of H-pyrrole nitrogens is 1. The number of hydrogen-bond acceptors (Lipinski definition) is 4. The second-order valence-electron chi connectivity index (χ2n) is 4.66. The van der Waals surface area contributed by atoms with Gasteiger partial charge in [-0.05, 0) is 18.9 Å². The van der Waals surface area contributed by atoms with Crippen molar-refractivity contribution in [2.75, 3.05) is 16.8 Å². The van der Waals surface area contributed by atoms with Crippen molar-refractivity contribution in [3.05, 3.63) is 28.3 Å². The molecule has 0 radical (unpaired) electrons. The van der Waals surface area contributed by atoms with Crippen LogP contribution in [0.15, 0.2) is 18.2 Å². The number of benzene rings is 1. The summed E-state index contributed by atoms with van der Waals surface area (Å²) < 4.78 is 0. The van der Waals surface area contributed by atoms with Crippen LogP contribution in [0.2, 0.25) is 0 Å². The van der Waals surface area contributed by atoms with Crippen LogP contribution in [0.25, 0.3) is 11.0 Å². The van der Waals surface area contributed by atoms with Crippen molar-refractivity contribution < 1.29 is 4.92 Å². The first-order valence-electron chi connectivity index (χ1n) is 6.16. The van der Waals surface area contributed by atoms with E-state index < -0.39 is 4.92 Å². The van der Waals surface area contributed by atoms with Gasteiger partial charge in [0.1, 0.15) is 0 Å². The Morgan fingerprint density at radius 2 is 2.42 bits per heavy atom. The van der Waals surface area contributed by atoms with Crippen LogP contribution >= 0.6 is 15.9 Å². The van der Waals surface area contributed by atoms with E-state index in [-0.39, 0.29) is 5.69 Å². The van der Waals surface area contributed by atoms with Gasteiger partial charge in [-0.3, -0.25) is 10.1 Å². The highest BCUT2D eigenvalue weighted by Gasteiger charge is 2.26. The number of non-ortho nitro benzene ring substituents is 1. The van der Waals surface area contributed by atoms with Crippen molar-refractivity contribution in [2.24, 2.45) is 0 Å². The lowest BCUT2D eigenvalue weighted by Gasteiger charge is -2.21. The highest BCUT2D eigenvalue weighted by atomic mass is 79.9. The maximum Gasteiger partial charge on any atom is 0.271 e. The third kappa shape index (κ3) is 2.18. The molecule has 6 nitrogen and oxygen atoms in total. The van der Waals surface area contributed by atoms with Gasteiger partial charge >= 0.3 is 0 Å². The maximum atomic E-state index is 10.8. The van der Waals surface area contributed by atoms with E-state index in [0.717, 1.165) is 36.2 Å². The number of aromatic nitrogens is 2. The van der Waals surface area contributed by atoms with Gasteiger partial charge in [0.05, 0.1) is 16.0 Å². The van der Waals surface area contributed by atoms with Crippen molar-refractivity contribution in [3.8, 4) is 0 Å². The number of nitro benzene ring substituents is 1. The smallest absolute Gasteiger partial charge is 0.271 e. The van der Waals surface area contributed by atoms with Gasteiger partial charge in [-0.1, -0.05) is 15.9 Å². The maximum absolute atomic E-state index is 10.8. The number of imidazole rings is 1. The fourth-order valence-corrected chi connectivity index (χ4v) is 3.18. The highest BCUT2D eigenvalue weighted by Crippen LogP contribution is 2.27. The molecule has 1 aliphatic heterocycles. The average Bonchev–Trinajstić information content (AvgIpc) is 3.03. The fourth-order valence-electron chi connectivity index (χ4n) is 2.51. The molecule has 7 heteroatoms. The molecule has 1 aliphatic rings. The van der Waals surface area contributed by atoms with Crippen LogP contribution in [0.3, 0.4) is 0 Å². The minimum absolute atomic E-state index is 0.0844. The molecule has 2 heterocycles. The Bertz CT molecular complexity index is 627. The third-order valence-electron chi connectivity index (χ3n) is 3.49. The van der Waals surface area contributed by atoms with E-state index in [9.17, 15) is 10.1 Å². The molecule has 1 unspecified atom stereocenters. The molecule has 0 amide bonds. The Morgan fingerprint density at radius 3 is 3.16 bits per heavy atom. The number of nitrogens with one attached hydrogen (secondary N) is 1. The number of nitro groups is 1. The van der Waals surface area contributed by atoms with Crippen LogP contribution in [0, 0.1) is 10.1 Å². The molecule has 1 fully saturated rings. The Hall–Kier alpha value is -1.63. The molecule has 1 aromatic carbocycles. The molecule has 0 aliphatic carbocycles. The van der Waals surface area contributed by atoms with Crippen molar-refractivity contribution >= 4 is 38.6 Å². The lowest BCUT2D eigenvalue weighted by atomic mass is 10.2. The quantitative estimate of drug-likeness (QED) is 0.535. The summed E-state index contributed by atoms with van der Waals surface area (Å²) in [4.78, 5) is 20.3. The molecule has 0 bridgehead atoms. The van der Waals surface area contributed by atoms with Crippen molar-refractivity contribution in [2.45, 2.75) is 18.9 Å². The van der Waals surface area contributed by atoms with Crippen LogP contribution in [-0.4, -0.2) is 32.8 Å². The minimum Gasteiger partial charge on any atom is -0.339 e. The van der Waals surface area contributed by atoms with E-state index in [1.54, 1.807) is 6.07 Å². The van der Waals surface area contributed by atoms with Gasteiger partial charge in [0.15, 0.2) is 0 Å². The number of fused-ring (bicyclic) bond motifs is 1. The van der Waals surface area contributed by atoms with Gasteiger partial charge in [-0.25, -0.2) is 4.98 Å². The first kappa shape index (κ1) is 12.4. The Morgan fingerprint density at radius 1 is 1.58 bits per heavy atom. The average molecular weight is 325 g/mol. The van der Waals surface area contributed by atoms with Crippen LogP contribution < -0.4 is 4.90 Å². The van der Waals surface area contributed by atoms with Crippen molar-refractivity contribution in [1.82, 2.24) is 9.97 Å². The second kappa shape index (κ2) is 4.80. The Balaban J connectivity index is 1.99. The van der Waals surface area contributed by atoms with Crippen LogP contribution in [0.4, 0.5) is 11.6 Å². The van der Waals surface area contributed by atoms with Crippen molar-refractivity contribution in [3.63, 3.8) is 0 Å². The van der Waals surface area contributed by atoms with Crippen molar-refractivity contribution in [1.29, 1.82) is 0 Å². The molecule has 1 saturated heterocycles. The molecular formula is C12H13BrN4O2. The Labute approximate surface area is 118 Å². The van der Waals surface area contributed by atoms with Crippen LogP contribution in [0.1, 0.15) is 12.8 Å². The molecule has 1 N–H and O–H groups in total. The molecule has 1 atom stereocenters. The summed E-state index contributed by atoms with van der Waals surface area (Å²) in [7, 11) is 0. The Kier molecular flexibility index (Phi) is 3.14. The summed E-state index contributed by atoms with van der Waals surface area (Å²) in [6, 6.07) is 5.15. The number of anilines is 1. The standard InChI is InChI=1S/C12H13BrN4O2/c13-7-9-2-1-5-16(9)12-14-10-4-3-8(17(18)19)6-11(10)15-12/h3-4,6,9H,1-2,5,7H2,(H,14,15). The zero-order valence-electron chi connectivity index (χ0n) is 10.2. The van der Waals surface area contributed by atoms with E-state index >= 15 is 0 Å². The normalized spacial score (nSPS) is 19.2. The fraction of sp³-hybridized carbons (Fsp3) is 0.417. The summed E-state index contributed by atoms with van der Waals surface area (Å²) in [5, 5.41) is 11.7. The molecule has 0 spiro atoms. The van der Waals surface area contributed by atoms with Crippen LogP contribution in [0.5, 0.6) is 0 Å². The molecule has 1 aromatic heterocycles. The monoisotopic (exact) mass is 324 g/mol. The first-order chi connectivity index (χ1) is 9.19. The zero-order chi connectivity index (χ0) is 13.4. The molecule has 2 aromatic rings. The number of hydrogen-bond donors (Lipinski definition) is 1. The largest absolute Gasteiger partial charge is 0.339 e. The summed E-state index contributed by atoms with van der Waals surface area (Å²) in [5.41, 5.74) is 1.56. The third-order valence-corrected chi connectivity index (χ3v) is 4.24. The SMILES string of the molecule is O=[N+]([O-])c1ccc2nc(N3CCCC3CBr)[nH]c2c1. The van der Waals surface area contributed by atoms with Gasteiger partial charge in [0, 0.05) is 30.0 Å². The molecule has 100 valence electrons.